The maximum Gasteiger partial charge on any atom is 0.508 e. The van der Waals surface area contributed by atoms with Gasteiger partial charge in [0.1, 0.15) is 72.9 Å². The van der Waals surface area contributed by atoms with E-state index in [1.54, 1.807) is 95.5 Å². The summed E-state index contributed by atoms with van der Waals surface area (Å²) in [5, 5.41) is 37.2. The van der Waals surface area contributed by atoms with Gasteiger partial charge in [-0.3, -0.25) is 45.0 Å². The first kappa shape index (κ1) is 83.2. The Balaban J connectivity index is 1.04. The van der Waals surface area contributed by atoms with E-state index in [-0.39, 0.29) is 45.7 Å². The fourth-order valence-electron chi connectivity index (χ4n) is 10.1. The number of nitrogens with zero attached hydrogens (tertiary/aromatic N) is 8. The highest BCUT2D eigenvalue weighted by atomic mass is 16.8. The van der Waals surface area contributed by atoms with E-state index in [2.05, 4.69) is 73.1 Å². The van der Waals surface area contributed by atoms with Gasteiger partial charge in [-0.1, -0.05) is 10.4 Å². The molecule has 0 aromatic carbocycles. The van der Waals surface area contributed by atoms with Crippen molar-refractivity contribution in [3.05, 3.63) is 47.5 Å². The summed E-state index contributed by atoms with van der Waals surface area (Å²) < 4.78 is 79.7. The van der Waals surface area contributed by atoms with Crippen LogP contribution in [0.1, 0.15) is 115 Å². The molecular weight excluding hydrogens is 1400 g/mol. The number of Topliss-reactive ketones (excluding diaryl/α,β-unsaturated/α-hetero) is 1. The number of aliphatic imine (C=N–C) groups is 2. The van der Waals surface area contributed by atoms with Crippen LogP contribution in [0, 0.1) is 5.92 Å². The number of amides is 7. The van der Waals surface area contributed by atoms with Crippen LogP contribution in [0.2, 0.25) is 0 Å². The Morgan fingerprint density at radius 3 is 1.30 bits per heavy atom. The molecule has 0 spiro atoms. The molecule has 0 saturated carbocycles. The van der Waals surface area contributed by atoms with Crippen molar-refractivity contribution in [2.75, 3.05) is 53.7 Å². The van der Waals surface area contributed by atoms with Crippen LogP contribution in [0.3, 0.4) is 0 Å². The SMILES string of the molecule is COC(=O)C1=C[C@H](N=C(NC(=O)OC(C)(C)C)NC(=O)OC(C)(C)C)[C@@H](CC(C)=O)[C@H]([C@H](OCC(=O)NCCn2cc(CNCc3cn(CCNC(=O)CO[C@@H]([C@@H]4OC(C(=O)OC)=C[C@H](N=C(NC(=O)OC(C)(C)C)NC(=O)OC(C)(C)C)[C@H]4NC(C)=O)[C@H]4COC(=O)O4)nn3)nn2)[C@H]2COC(=O)O2)O1. The predicted octanol–water partition coefficient (Wildman–Crippen LogP) is 0.792. The second-order valence-corrected chi connectivity index (χ2v) is 27.7. The minimum atomic E-state index is -1.54. The maximum atomic E-state index is 13.5. The van der Waals surface area contributed by atoms with Gasteiger partial charge in [0, 0.05) is 57.8 Å². The van der Waals surface area contributed by atoms with E-state index in [1.807, 2.05) is 0 Å². The lowest BCUT2D eigenvalue weighted by Crippen LogP contribution is -2.61. The molecular formula is C63H92N16O26. The largest absolute Gasteiger partial charge is 0.508 e. The molecule has 4 aliphatic rings. The average molecular weight is 1490 g/mol. The second kappa shape index (κ2) is 37.1. The third-order valence-electron chi connectivity index (χ3n) is 14.0. The molecule has 42 nitrogen and oxygen atoms in total. The zero-order valence-electron chi connectivity index (χ0n) is 61.1. The van der Waals surface area contributed by atoms with Gasteiger partial charge in [-0.05, 0) is 102 Å². The van der Waals surface area contributed by atoms with Gasteiger partial charge in [0.15, 0.2) is 18.3 Å². The number of carbonyl (C=O) groups excluding carboxylic acids is 12. The lowest BCUT2D eigenvalue weighted by Gasteiger charge is -2.40. The van der Waals surface area contributed by atoms with Crippen molar-refractivity contribution in [2.45, 2.75) is 207 Å². The van der Waals surface area contributed by atoms with Gasteiger partial charge in [0.2, 0.25) is 41.2 Å². The maximum absolute atomic E-state index is 13.5. The predicted molar refractivity (Wildman–Crippen MR) is 355 cm³/mol. The standard InChI is InChI=1S/C63H92N16O26/c1-32(80)21-36-37(68-52(70-54(86)102-60(3,4)5)71-55(87)103-61(6,7)8)22-39(50(84)92-15)98-46(36)47(41-28-96-58(90)100-41)94-30-43(82)65-17-19-78-26-34(74-76-78)24-64-25-35-27-79(77-75-35)20-18-66-44(83)31-95-48(42-29-97-59(91)101-42)49-45(67-33(2)81)38(23-40(99-49)51(85)93-16)69-53(72-56(88)104-62(9,10)11)73-57(89)105-63(12,13)14/h22-23,26-27,36-38,41-42,45-49,64H,17-21,24-25,28-31H2,1-16H3,(H,65,82)(H,66,83)(H,67,81)(H2,68,70,71,86,87)(H2,69,72,73,88,89)/t36-,37+,38+,41-,42-,45-,46-,47-,48-,49-/m1/s1. The Kier molecular flexibility index (Phi) is 29.4. The summed E-state index contributed by atoms with van der Waals surface area (Å²) in [6.45, 7) is 20.0. The van der Waals surface area contributed by atoms with Crippen LogP contribution in [-0.2, 0) is 121 Å². The van der Waals surface area contributed by atoms with Crippen molar-refractivity contribution in [3.63, 3.8) is 0 Å². The Labute approximate surface area is 602 Å². The van der Waals surface area contributed by atoms with Gasteiger partial charge in [0.05, 0.1) is 56.8 Å². The third kappa shape index (κ3) is 28.4. The molecule has 6 heterocycles. The van der Waals surface area contributed by atoms with Gasteiger partial charge in [0.25, 0.3) is 0 Å². The molecule has 4 aliphatic heterocycles. The number of rotatable bonds is 27. The zero-order valence-corrected chi connectivity index (χ0v) is 61.1. The minimum Gasteiger partial charge on any atom is -0.480 e. The fourth-order valence-corrected chi connectivity index (χ4v) is 10.1. The highest BCUT2D eigenvalue weighted by Gasteiger charge is 2.51. The molecule has 6 rings (SSSR count). The van der Waals surface area contributed by atoms with Crippen LogP contribution in [0.5, 0.6) is 0 Å². The summed E-state index contributed by atoms with van der Waals surface area (Å²) in [4.78, 5) is 165. The van der Waals surface area contributed by atoms with Crippen LogP contribution in [0.15, 0.2) is 46.0 Å². The molecule has 2 aromatic rings. The van der Waals surface area contributed by atoms with E-state index >= 15 is 0 Å². The molecule has 0 aliphatic carbocycles. The van der Waals surface area contributed by atoms with E-state index in [4.69, 9.17) is 66.3 Å². The van der Waals surface area contributed by atoms with E-state index in [0.717, 1.165) is 27.2 Å². The lowest BCUT2D eigenvalue weighted by atomic mass is 9.82. The number of hydrogen-bond donors (Lipinski definition) is 8. The number of aromatic nitrogens is 6. The van der Waals surface area contributed by atoms with Crippen molar-refractivity contribution in [1.82, 2.24) is 72.5 Å². The molecule has 2 aromatic heterocycles. The summed E-state index contributed by atoms with van der Waals surface area (Å²) in [5.41, 5.74) is -3.02. The number of ketones is 1. The Hall–Kier alpha value is -10.8. The smallest absolute Gasteiger partial charge is 0.480 e. The molecule has 105 heavy (non-hydrogen) atoms. The minimum absolute atomic E-state index is 0.00221. The lowest BCUT2D eigenvalue weighted by molar-refractivity contribution is -0.158. The number of hydrogen-bond acceptors (Lipinski definition) is 33. The van der Waals surface area contributed by atoms with Gasteiger partial charge in [-0.2, -0.15) is 0 Å². The van der Waals surface area contributed by atoms with E-state index in [1.165, 1.54) is 22.4 Å². The van der Waals surface area contributed by atoms with Crippen molar-refractivity contribution in [2.24, 2.45) is 15.9 Å². The van der Waals surface area contributed by atoms with Crippen LogP contribution in [0.4, 0.5) is 28.8 Å². The first-order chi connectivity index (χ1) is 49.1. The summed E-state index contributed by atoms with van der Waals surface area (Å²) in [6.07, 6.45) is -9.67. The number of esters is 2. The van der Waals surface area contributed by atoms with Gasteiger partial charge >= 0.3 is 48.6 Å². The van der Waals surface area contributed by atoms with Gasteiger partial charge in [-0.25, -0.2) is 48.3 Å². The molecule has 0 radical (unpaired) electrons. The highest BCUT2D eigenvalue weighted by molar-refractivity contribution is 6.02. The van der Waals surface area contributed by atoms with E-state index in [0.29, 0.717) is 11.4 Å². The molecule has 0 bridgehead atoms. The molecule has 42 heteroatoms. The quantitative estimate of drug-likeness (QED) is 0.0265. The first-order valence-electron chi connectivity index (χ1n) is 32.9. The van der Waals surface area contributed by atoms with Crippen molar-refractivity contribution < 1.29 is 124 Å². The van der Waals surface area contributed by atoms with Crippen molar-refractivity contribution in [3.8, 4) is 0 Å². The topological polar surface area (TPSA) is 516 Å². The molecule has 7 amide bonds. The average Bonchev–Trinajstić information content (AvgIpc) is 1.33. The van der Waals surface area contributed by atoms with Crippen LogP contribution < -0.4 is 42.5 Å². The Morgan fingerprint density at radius 2 is 0.933 bits per heavy atom. The van der Waals surface area contributed by atoms with Crippen LogP contribution in [0.25, 0.3) is 0 Å². The molecule has 0 unspecified atom stereocenters. The number of carbonyl (C=O) groups is 12. The van der Waals surface area contributed by atoms with Crippen molar-refractivity contribution in [1.29, 1.82) is 0 Å². The van der Waals surface area contributed by atoms with E-state index < -0.39 is 205 Å². The number of ether oxygens (including phenoxy) is 14. The number of cyclic esters (lactones) is 4. The molecule has 10 atom stereocenters. The van der Waals surface area contributed by atoms with E-state index in [9.17, 15) is 57.5 Å². The number of alkyl carbamates (subject to hydrolysis) is 4. The fraction of sp³-hybridized carbons (Fsp3) is 0.651. The summed E-state index contributed by atoms with van der Waals surface area (Å²) in [5.74, 6) is -7.62. The second-order valence-electron chi connectivity index (χ2n) is 27.7. The molecule has 8 N–H and O–H groups in total. The molecule has 2 saturated heterocycles. The molecule has 2 fully saturated rings. The summed E-state index contributed by atoms with van der Waals surface area (Å²) in [6, 6.07) is -4.11. The normalized spacial score (nSPS) is 20.5. The Bertz CT molecular complexity index is 3310. The number of methoxy groups -OCH3 is 2. The number of nitrogens with one attached hydrogen (secondary N) is 8. The first-order valence-corrected chi connectivity index (χ1v) is 32.9. The van der Waals surface area contributed by atoms with Gasteiger partial charge < -0.3 is 92.4 Å². The molecule has 580 valence electrons. The summed E-state index contributed by atoms with van der Waals surface area (Å²) in [7, 11) is 2.13. The highest BCUT2D eigenvalue weighted by Crippen LogP contribution is 2.36. The summed E-state index contributed by atoms with van der Waals surface area (Å²) >= 11 is 0. The van der Waals surface area contributed by atoms with Crippen LogP contribution in [-0.4, -0.2) is 245 Å². The van der Waals surface area contributed by atoms with Gasteiger partial charge in [-0.15, -0.1) is 10.2 Å². The Morgan fingerprint density at radius 1 is 0.552 bits per heavy atom. The monoisotopic (exact) mass is 1490 g/mol. The zero-order chi connectivity index (χ0) is 77.7. The number of guanidine groups is 2. The third-order valence-corrected chi connectivity index (χ3v) is 14.0. The van der Waals surface area contributed by atoms with Crippen LogP contribution >= 0.6 is 0 Å². The van der Waals surface area contributed by atoms with Crippen molar-refractivity contribution >= 4 is 84.0 Å².